The number of nitrogens with two attached hydrogens (primary N) is 2. The van der Waals surface area contributed by atoms with E-state index in [1.54, 1.807) is 30.0 Å². The molecule has 16 N–H and O–H groups in total. The molecule has 6 heterocycles. The first-order valence-corrected chi connectivity index (χ1v) is 33.8. The Morgan fingerprint density at radius 2 is 1.44 bits per heavy atom. The van der Waals surface area contributed by atoms with Crippen LogP contribution in [-0.2, 0) is 44.7 Å². The second kappa shape index (κ2) is 34.0. The minimum Gasteiger partial charge on any atom is -0.504 e. The summed E-state index contributed by atoms with van der Waals surface area (Å²) in [5.41, 5.74) is 15.0. The first kappa shape index (κ1) is 73.3. The summed E-state index contributed by atoms with van der Waals surface area (Å²) in [4.78, 5) is 111. The molecule has 0 spiro atoms. The number of aromatic nitrogens is 3. The third-order valence-electron chi connectivity index (χ3n) is 18.0. The fourth-order valence-corrected chi connectivity index (χ4v) is 13.4. The van der Waals surface area contributed by atoms with Gasteiger partial charge in [0.05, 0.1) is 61.2 Å². The molecule has 0 radical (unpaired) electrons. The lowest BCUT2D eigenvalue weighted by molar-refractivity contribution is -0.147. The van der Waals surface area contributed by atoms with Crippen molar-refractivity contribution in [1.82, 2.24) is 51.0 Å². The number of benzene rings is 3. The number of carbonyl (C=O) groups is 7. The maximum Gasteiger partial charge on any atom is 0.251 e. The van der Waals surface area contributed by atoms with Gasteiger partial charge in [0, 0.05) is 101 Å². The van der Waals surface area contributed by atoms with Crippen LogP contribution in [0.4, 0.5) is 5.69 Å². The third-order valence-corrected chi connectivity index (χ3v) is 19.0. The molecular formula is C66H91N13O17S. The minimum absolute atomic E-state index is 0.00340. The first-order chi connectivity index (χ1) is 46.5. The molecule has 4 fully saturated rings. The van der Waals surface area contributed by atoms with E-state index in [4.69, 9.17) is 35.8 Å². The van der Waals surface area contributed by atoms with Crippen LogP contribution in [-0.4, -0.2) is 253 Å². The van der Waals surface area contributed by atoms with Gasteiger partial charge in [-0.1, -0.05) is 36.5 Å². The Labute approximate surface area is 565 Å². The highest BCUT2D eigenvalue weighted by molar-refractivity contribution is 7.19. The Bertz CT molecular complexity index is 3470. The number of unbranched alkanes of at least 4 members (excludes halogenated alkanes) is 2. The van der Waals surface area contributed by atoms with Gasteiger partial charge >= 0.3 is 0 Å². The number of β-amino-alcohol motifs (C(OH)–C–C–N with tert-alkyl or cyclic N) is 1. The van der Waals surface area contributed by atoms with Crippen molar-refractivity contribution in [3.05, 3.63) is 84.1 Å². The second-order valence-corrected chi connectivity index (χ2v) is 26.3. The van der Waals surface area contributed by atoms with Crippen LogP contribution in [0.1, 0.15) is 87.6 Å². The van der Waals surface area contributed by atoms with Crippen LogP contribution < -0.4 is 47.7 Å². The van der Waals surface area contributed by atoms with E-state index >= 15 is 0 Å². The zero-order valence-corrected chi connectivity index (χ0v) is 55.4. The molecule has 13 atom stereocenters. The number of imidazole rings is 1. The molecular weight excluding hydrogens is 1280 g/mol. The van der Waals surface area contributed by atoms with Gasteiger partial charge in [-0.25, -0.2) is 9.50 Å². The zero-order valence-electron chi connectivity index (χ0n) is 54.6. The standard InChI is InChI=1S/C66H91N13O17S/c1-36-33-78-56(57(36)86)62(91)69-32-43(81)30-46(70-58(87)40-11-9-39(10-12-40)47-35-79-66(71-47)97-63(75-79)41-13-15-42(16-14-41)76-23-19-45(20-24-76)95-26-6-4-5-25-94-3)59(88)72-53(37(2)80)64(92)77-34-44(82)31-48(77)60(89)73-54(61(90)74-55(65(78)93)50(84)18-22-68)51(85)28-38-8-17-49(83)52(29-38)96-27-7-21-67/h8-17,29,35-37,43-46,48,50-51,53-57,80-86H,4-7,18-28,30-34,67-68H2,1-3H3,(H,69,91)(H,70,87)(H,72,88)(H,73,89)(H,74,90)/t36-,37+,43+,44+,46?,48-,50+,51+,53-,54-,55-,56-,57-/m0/s1. The molecule has 7 amide bonds. The highest BCUT2D eigenvalue weighted by atomic mass is 32.1. The van der Waals surface area contributed by atoms with Crippen LogP contribution in [0.25, 0.3) is 26.8 Å². The predicted molar refractivity (Wildman–Crippen MR) is 354 cm³/mol. The summed E-state index contributed by atoms with van der Waals surface area (Å²) in [6.45, 7) is 4.73. The number of hydrogen-bond acceptors (Lipinski definition) is 23. The number of amides is 7. The van der Waals surface area contributed by atoms with Gasteiger partial charge in [0.2, 0.25) is 40.4 Å². The maximum atomic E-state index is 14.8. The van der Waals surface area contributed by atoms with Gasteiger partial charge in [0.15, 0.2) is 11.5 Å². The maximum absolute atomic E-state index is 14.8. The summed E-state index contributed by atoms with van der Waals surface area (Å²) < 4.78 is 18.6. The normalized spacial score (nSPS) is 25.3. The van der Waals surface area contributed by atoms with Gasteiger partial charge in [-0.2, -0.15) is 5.10 Å². The summed E-state index contributed by atoms with van der Waals surface area (Å²) >= 11 is 1.40. The van der Waals surface area contributed by atoms with Crippen LogP contribution >= 0.6 is 11.3 Å². The van der Waals surface area contributed by atoms with E-state index in [0.29, 0.717) is 22.6 Å². The topological polar surface area (TPSA) is 441 Å². The van der Waals surface area contributed by atoms with Crippen molar-refractivity contribution in [3.8, 4) is 33.3 Å². The molecule has 0 saturated carbocycles. The average Bonchev–Trinajstić information content (AvgIpc) is 1.67. The van der Waals surface area contributed by atoms with Gasteiger partial charge in [-0.15, -0.1) is 0 Å². The summed E-state index contributed by atoms with van der Waals surface area (Å²) in [5.74, 6) is -8.59. The number of piperidine rings is 1. The number of anilines is 1. The van der Waals surface area contributed by atoms with E-state index in [0.717, 1.165) is 91.4 Å². The Morgan fingerprint density at radius 3 is 2.13 bits per heavy atom. The third kappa shape index (κ3) is 18.4. The van der Waals surface area contributed by atoms with Crippen LogP contribution in [0.3, 0.4) is 0 Å². The largest absolute Gasteiger partial charge is 0.504 e. The number of nitrogens with zero attached hydrogens (tertiary/aromatic N) is 6. The molecule has 4 saturated heterocycles. The quantitative estimate of drug-likeness (QED) is 0.0337. The minimum atomic E-state index is -2.04. The van der Waals surface area contributed by atoms with Gasteiger partial charge in [0.1, 0.15) is 41.3 Å². The molecule has 528 valence electrons. The van der Waals surface area contributed by atoms with E-state index in [1.165, 1.54) is 48.6 Å². The lowest BCUT2D eigenvalue weighted by Crippen LogP contribution is -2.64. The van der Waals surface area contributed by atoms with E-state index in [9.17, 15) is 69.3 Å². The SMILES string of the molecule is COCCCCCOC1CCN(c2ccc(-c3nn4cc(-c5ccc(C(=O)NC6C[C@@H](O)CNC(=O)[C@@H]7[C@@H](O)[C@@H](C)CN7C(=O)[C@H]([C@H](O)CCN)NC(=O)[C@H]([C@H](O)Cc7ccc(O)c(OCCCN)c7)NC(=O)[C@@H]7C[C@@H](O)CN7C(=O)[C@H]([C@@H](C)O)NC6=O)cc5)nc4s3)cc2)CC1. The van der Waals surface area contributed by atoms with Gasteiger partial charge in [-0.3, -0.25) is 33.6 Å². The monoisotopic (exact) mass is 1370 g/mol. The number of nitrogens with one attached hydrogen (secondary N) is 5. The number of ether oxygens (including phenoxy) is 3. The molecule has 5 aromatic rings. The molecule has 4 aliphatic heterocycles. The van der Waals surface area contributed by atoms with Crippen LogP contribution in [0.15, 0.2) is 72.9 Å². The summed E-state index contributed by atoms with van der Waals surface area (Å²) in [7, 11) is 1.72. The van der Waals surface area contributed by atoms with Crippen molar-refractivity contribution in [2.24, 2.45) is 17.4 Å². The summed E-state index contributed by atoms with van der Waals surface area (Å²) in [6, 6.07) is 7.60. The van der Waals surface area contributed by atoms with Crippen LogP contribution in [0.5, 0.6) is 11.5 Å². The van der Waals surface area contributed by atoms with Gasteiger partial charge in [0.25, 0.3) is 5.91 Å². The summed E-state index contributed by atoms with van der Waals surface area (Å²) in [5, 5.41) is 97.3. The average molecular weight is 1370 g/mol. The molecule has 31 heteroatoms. The van der Waals surface area contributed by atoms with Gasteiger partial charge in [-0.05, 0) is 119 Å². The lowest BCUT2D eigenvalue weighted by atomic mass is 9.98. The van der Waals surface area contributed by atoms with E-state index in [1.807, 2.05) is 12.1 Å². The predicted octanol–water partition coefficient (Wildman–Crippen LogP) is -1.34. The number of methoxy groups -OCH3 is 1. The number of aromatic hydroxyl groups is 1. The van der Waals surface area contributed by atoms with Gasteiger partial charge < -0.3 is 103 Å². The number of fused-ring (bicyclic) bond motifs is 3. The van der Waals surface area contributed by atoms with E-state index < -0.39 is 152 Å². The number of phenols is 1. The van der Waals surface area contributed by atoms with E-state index in [-0.39, 0.29) is 61.4 Å². The molecule has 0 bridgehead atoms. The molecule has 4 aliphatic rings. The van der Waals surface area contributed by atoms with Crippen molar-refractivity contribution >= 4 is 63.3 Å². The van der Waals surface area contributed by atoms with Crippen LogP contribution in [0, 0.1) is 5.92 Å². The van der Waals surface area contributed by atoms with Crippen molar-refractivity contribution in [2.75, 3.05) is 77.6 Å². The Hall–Kier alpha value is -7.95. The molecule has 2 aromatic heterocycles. The molecule has 9 rings (SSSR count). The number of rotatable bonds is 23. The Morgan fingerprint density at radius 1 is 0.753 bits per heavy atom. The molecule has 0 aliphatic carbocycles. The van der Waals surface area contributed by atoms with Crippen molar-refractivity contribution in [2.45, 2.75) is 157 Å². The molecule has 97 heavy (non-hydrogen) atoms. The molecule has 3 aromatic carbocycles. The fourth-order valence-electron chi connectivity index (χ4n) is 12.5. The van der Waals surface area contributed by atoms with Crippen molar-refractivity contribution < 1.29 is 83.5 Å². The smallest absolute Gasteiger partial charge is 0.251 e. The zero-order chi connectivity index (χ0) is 69.6. The fraction of sp³-hybridized carbons (Fsp3) is 0.561. The first-order valence-electron chi connectivity index (χ1n) is 33.0. The number of phenolic OH excluding ortho intramolecular Hbond substituents is 1. The number of carbonyl (C=O) groups excluding carboxylic acids is 7. The Balaban J connectivity index is 0.930. The van der Waals surface area contributed by atoms with E-state index in [2.05, 4.69) is 43.6 Å². The highest BCUT2D eigenvalue weighted by Gasteiger charge is 2.50. The van der Waals surface area contributed by atoms with Crippen molar-refractivity contribution in [3.63, 3.8) is 0 Å². The molecule has 1 unspecified atom stereocenters. The number of aliphatic hydroxyl groups excluding tert-OH is 6. The second-order valence-electron chi connectivity index (χ2n) is 25.4. The van der Waals surface area contributed by atoms with Crippen LogP contribution in [0.2, 0.25) is 0 Å². The highest BCUT2D eigenvalue weighted by Crippen LogP contribution is 2.33. The number of aliphatic hydroxyl groups is 6. The number of hydrogen-bond donors (Lipinski definition) is 14. The lowest BCUT2D eigenvalue weighted by Gasteiger charge is -2.34. The molecule has 30 nitrogen and oxygen atoms in total. The summed E-state index contributed by atoms with van der Waals surface area (Å²) in [6.07, 6.45) is -4.34. The Kier molecular flexibility index (Phi) is 25.7. The van der Waals surface area contributed by atoms with Crippen molar-refractivity contribution in [1.29, 1.82) is 0 Å².